The molecular weight excluding hydrogens is 132 g/mol. The SMILES string of the molecule is CCC(C)(C)CO.O=CO. The number of aliphatic hydroxyl groups excluding tert-OH is 1. The molecule has 0 aromatic carbocycles. The molecule has 0 spiro atoms. The Kier molecular flexibility index (Phi) is 7.95. The van der Waals surface area contributed by atoms with E-state index in [0.29, 0.717) is 6.61 Å². The Bertz CT molecular complexity index is 72.9. The molecule has 0 saturated heterocycles. The Morgan fingerprint density at radius 3 is 1.80 bits per heavy atom. The molecular formula is C7H16O3. The number of carbonyl (C=O) groups is 1. The van der Waals surface area contributed by atoms with Crippen LogP contribution in [0.4, 0.5) is 0 Å². The summed E-state index contributed by atoms with van der Waals surface area (Å²) in [6, 6.07) is 0. The summed E-state index contributed by atoms with van der Waals surface area (Å²) in [5.74, 6) is 0. The van der Waals surface area contributed by atoms with Gasteiger partial charge in [-0.3, -0.25) is 4.79 Å². The van der Waals surface area contributed by atoms with E-state index >= 15 is 0 Å². The molecule has 0 aliphatic rings. The number of rotatable bonds is 2. The van der Waals surface area contributed by atoms with Gasteiger partial charge in [0.2, 0.25) is 0 Å². The summed E-state index contributed by atoms with van der Waals surface area (Å²) in [5.41, 5.74) is 0.139. The van der Waals surface area contributed by atoms with Crippen LogP contribution in [0.5, 0.6) is 0 Å². The molecule has 0 unspecified atom stereocenters. The second-order valence-corrected chi connectivity index (χ2v) is 2.78. The summed E-state index contributed by atoms with van der Waals surface area (Å²) in [6.07, 6.45) is 1.05. The van der Waals surface area contributed by atoms with E-state index in [0.717, 1.165) is 6.42 Å². The first-order chi connectivity index (χ1) is 4.54. The van der Waals surface area contributed by atoms with Gasteiger partial charge in [-0.2, -0.15) is 0 Å². The fraction of sp³-hybridized carbons (Fsp3) is 0.857. The van der Waals surface area contributed by atoms with E-state index in [1.54, 1.807) is 0 Å². The molecule has 0 aliphatic carbocycles. The molecule has 0 aromatic heterocycles. The van der Waals surface area contributed by atoms with Crippen molar-refractivity contribution in [3.8, 4) is 0 Å². The first-order valence-corrected chi connectivity index (χ1v) is 3.22. The molecule has 0 aromatic rings. The Morgan fingerprint density at radius 1 is 1.50 bits per heavy atom. The minimum absolute atomic E-state index is 0.139. The highest BCUT2D eigenvalue weighted by Gasteiger charge is 2.11. The maximum atomic E-state index is 8.59. The lowest BCUT2D eigenvalue weighted by Gasteiger charge is -2.17. The Hall–Kier alpha value is -0.570. The summed E-state index contributed by atoms with van der Waals surface area (Å²) < 4.78 is 0. The minimum Gasteiger partial charge on any atom is -0.483 e. The van der Waals surface area contributed by atoms with Crippen LogP contribution in [0.25, 0.3) is 0 Å². The number of hydrogen-bond donors (Lipinski definition) is 2. The van der Waals surface area contributed by atoms with Gasteiger partial charge in [-0.15, -0.1) is 0 Å². The zero-order valence-corrected chi connectivity index (χ0v) is 6.79. The zero-order chi connectivity index (χ0) is 8.62. The standard InChI is InChI=1S/C6H14O.CH2O2/c1-4-6(2,3)5-7;2-1-3/h7H,4-5H2,1-3H3;1H,(H,2,3). The van der Waals surface area contributed by atoms with Gasteiger partial charge >= 0.3 is 0 Å². The summed E-state index contributed by atoms with van der Waals surface area (Å²) in [4.78, 5) is 8.36. The zero-order valence-electron chi connectivity index (χ0n) is 6.79. The molecule has 0 fully saturated rings. The van der Waals surface area contributed by atoms with Crippen LogP contribution in [0.2, 0.25) is 0 Å². The predicted molar refractivity (Wildman–Crippen MR) is 39.9 cm³/mol. The lowest BCUT2D eigenvalue weighted by Crippen LogP contribution is -2.14. The second kappa shape index (κ2) is 6.55. The normalized spacial score (nSPS) is 9.60. The molecule has 62 valence electrons. The van der Waals surface area contributed by atoms with Crippen molar-refractivity contribution in [1.29, 1.82) is 0 Å². The quantitative estimate of drug-likeness (QED) is 0.577. The van der Waals surface area contributed by atoms with E-state index in [1.165, 1.54) is 0 Å². The summed E-state index contributed by atoms with van der Waals surface area (Å²) >= 11 is 0. The maximum Gasteiger partial charge on any atom is 0.290 e. The molecule has 10 heavy (non-hydrogen) atoms. The van der Waals surface area contributed by atoms with Gasteiger partial charge in [0.1, 0.15) is 0 Å². The van der Waals surface area contributed by atoms with Crippen molar-refractivity contribution in [2.45, 2.75) is 27.2 Å². The highest BCUT2D eigenvalue weighted by Crippen LogP contribution is 2.16. The molecule has 2 N–H and O–H groups in total. The highest BCUT2D eigenvalue weighted by atomic mass is 16.3. The Morgan fingerprint density at radius 2 is 1.80 bits per heavy atom. The summed E-state index contributed by atoms with van der Waals surface area (Å²) in [7, 11) is 0. The van der Waals surface area contributed by atoms with Gasteiger partial charge in [-0.1, -0.05) is 20.8 Å². The van der Waals surface area contributed by atoms with E-state index in [-0.39, 0.29) is 11.9 Å². The Labute approximate surface area is 61.7 Å². The third-order valence-electron chi connectivity index (χ3n) is 1.39. The van der Waals surface area contributed by atoms with Gasteiger partial charge < -0.3 is 10.2 Å². The average molecular weight is 148 g/mol. The van der Waals surface area contributed by atoms with Crippen LogP contribution in [-0.4, -0.2) is 23.3 Å². The molecule has 0 radical (unpaired) electrons. The fourth-order valence-electron chi connectivity index (χ4n) is 0.112. The van der Waals surface area contributed by atoms with Gasteiger partial charge in [0.05, 0.1) is 0 Å². The molecule has 0 amide bonds. The van der Waals surface area contributed by atoms with Crippen LogP contribution in [0.15, 0.2) is 0 Å². The van der Waals surface area contributed by atoms with E-state index in [9.17, 15) is 0 Å². The van der Waals surface area contributed by atoms with Crippen molar-refractivity contribution >= 4 is 6.47 Å². The van der Waals surface area contributed by atoms with Gasteiger partial charge in [-0.25, -0.2) is 0 Å². The largest absolute Gasteiger partial charge is 0.483 e. The van der Waals surface area contributed by atoms with E-state index in [1.807, 2.05) is 13.8 Å². The molecule has 0 bridgehead atoms. The molecule has 0 saturated carbocycles. The highest BCUT2D eigenvalue weighted by molar-refractivity contribution is 5.32. The lowest BCUT2D eigenvalue weighted by molar-refractivity contribution is -0.122. The van der Waals surface area contributed by atoms with Crippen molar-refractivity contribution in [3.63, 3.8) is 0 Å². The van der Waals surface area contributed by atoms with Crippen LogP contribution in [-0.2, 0) is 4.79 Å². The topological polar surface area (TPSA) is 57.5 Å². The van der Waals surface area contributed by atoms with Crippen molar-refractivity contribution in [3.05, 3.63) is 0 Å². The van der Waals surface area contributed by atoms with E-state index in [2.05, 4.69) is 6.92 Å². The monoisotopic (exact) mass is 148 g/mol. The van der Waals surface area contributed by atoms with Crippen LogP contribution >= 0.6 is 0 Å². The van der Waals surface area contributed by atoms with Gasteiger partial charge in [0.15, 0.2) is 0 Å². The van der Waals surface area contributed by atoms with Gasteiger partial charge in [-0.05, 0) is 11.8 Å². The molecule has 0 rings (SSSR count). The first kappa shape index (κ1) is 12.1. The third kappa shape index (κ3) is 10.4. The van der Waals surface area contributed by atoms with Crippen molar-refractivity contribution < 1.29 is 15.0 Å². The summed E-state index contributed by atoms with van der Waals surface area (Å²) in [5, 5.41) is 15.5. The van der Waals surface area contributed by atoms with Crippen molar-refractivity contribution in [2.24, 2.45) is 5.41 Å². The van der Waals surface area contributed by atoms with Gasteiger partial charge in [0, 0.05) is 6.61 Å². The molecule has 3 nitrogen and oxygen atoms in total. The van der Waals surface area contributed by atoms with Gasteiger partial charge in [0.25, 0.3) is 6.47 Å². The lowest BCUT2D eigenvalue weighted by atomic mass is 9.92. The van der Waals surface area contributed by atoms with Crippen LogP contribution in [0.1, 0.15) is 27.2 Å². The fourth-order valence-corrected chi connectivity index (χ4v) is 0.112. The van der Waals surface area contributed by atoms with E-state index < -0.39 is 0 Å². The number of hydrogen-bond acceptors (Lipinski definition) is 2. The smallest absolute Gasteiger partial charge is 0.290 e. The third-order valence-corrected chi connectivity index (χ3v) is 1.39. The minimum atomic E-state index is -0.250. The first-order valence-electron chi connectivity index (χ1n) is 3.22. The summed E-state index contributed by atoms with van der Waals surface area (Å²) in [6.45, 7) is 6.22. The number of carboxylic acid groups (broad SMARTS) is 1. The van der Waals surface area contributed by atoms with Crippen molar-refractivity contribution in [2.75, 3.05) is 6.61 Å². The van der Waals surface area contributed by atoms with E-state index in [4.69, 9.17) is 15.0 Å². The van der Waals surface area contributed by atoms with Crippen LogP contribution in [0.3, 0.4) is 0 Å². The van der Waals surface area contributed by atoms with Crippen LogP contribution in [0, 0.1) is 5.41 Å². The number of aliphatic hydroxyl groups is 1. The maximum absolute atomic E-state index is 8.59. The molecule has 0 atom stereocenters. The predicted octanol–water partition coefficient (Wildman–Crippen LogP) is 1.12. The van der Waals surface area contributed by atoms with Crippen molar-refractivity contribution in [1.82, 2.24) is 0 Å². The average Bonchev–Trinajstić information content (AvgIpc) is 1.90. The molecule has 0 heterocycles. The Balaban J connectivity index is 0. The van der Waals surface area contributed by atoms with Crippen LogP contribution < -0.4 is 0 Å². The molecule has 0 aliphatic heterocycles. The second-order valence-electron chi connectivity index (χ2n) is 2.78. The molecule has 3 heteroatoms.